The maximum atomic E-state index is 13.7. The van der Waals surface area contributed by atoms with E-state index < -0.39 is 39.9 Å². The first-order valence-electron chi connectivity index (χ1n) is 6.58. The summed E-state index contributed by atoms with van der Waals surface area (Å²) in [6.07, 6.45) is 1.76. The Kier molecular flexibility index (Phi) is 4.46. The lowest BCUT2D eigenvalue weighted by molar-refractivity contribution is -0.384. The van der Waals surface area contributed by atoms with Crippen LogP contribution in [0.2, 0.25) is 0 Å². The van der Waals surface area contributed by atoms with E-state index in [0.29, 0.717) is 18.7 Å². The van der Waals surface area contributed by atoms with Crippen molar-refractivity contribution in [2.45, 2.75) is 25.8 Å². The van der Waals surface area contributed by atoms with Crippen LogP contribution < -0.4 is 10.6 Å². The van der Waals surface area contributed by atoms with Gasteiger partial charge < -0.3 is 10.6 Å². The molecule has 8 heteroatoms. The SMILES string of the molecule is CC1CCCNC1C(=O)Nc1c(F)cc(F)cc1[N+](=O)[O-]. The van der Waals surface area contributed by atoms with Crippen LogP contribution in [0.4, 0.5) is 20.2 Å². The summed E-state index contributed by atoms with van der Waals surface area (Å²) in [5.74, 6) is -2.77. The van der Waals surface area contributed by atoms with E-state index in [-0.39, 0.29) is 5.92 Å². The van der Waals surface area contributed by atoms with E-state index in [1.165, 1.54) is 0 Å². The van der Waals surface area contributed by atoms with Crippen molar-refractivity contribution in [3.05, 3.63) is 33.9 Å². The highest BCUT2D eigenvalue weighted by molar-refractivity contribution is 5.97. The van der Waals surface area contributed by atoms with Gasteiger partial charge in [0.1, 0.15) is 5.82 Å². The summed E-state index contributed by atoms with van der Waals surface area (Å²) >= 11 is 0. The minimum atomic E-state index is -1.17. The molecule has 0 spiro atoms. The zero-order valence-electron chi connectivity index (χ0n) is 11.4. The fourth-order valence-corrected chi connectivity index (χ4v) is 2.43. The molecular weight excluding hydrogens is 284 g/mol. The average molecular weight is 299 g/mol. The van der Waals surface area contributed by atoms with E-state index in [4.69, 9.17) is 0 Å². The Balaban J connectivity index is 2.26. The monoisotopic (exact) mass is 299 g/mol. The molecule has 1 aliphatic rings. The molecule has 2 unspecified atom stereocenters. The third-order valence-corrected chi connectivity index (χ3v) is 3.53. The molecule has 1 saturated heterocycles. The Hall–Kier alpha value is -2.09. The molecule has 2 atom stereocenters. The van der Waals surface area contributed by atoms with Crippen molar-refractivity contribution in [3.63, 3.8) is 0 Å². The van der Waals surface area contributed by atoms with Crippen molar-refractivity contribution in [1.82, 2.24) is 5.32 Å². The highest BCUT2D eigenvalue weighted by Crippen LogP contribution is 2.29. The summed E-state index contributed by atoms with van der Waals surface area (Å²) in [5.41, 5.74) is -1.41. The second-order valence-corrected chi connectivity index (χ2v) is 5.08. The third kappa shape index (κ3) is 3.33. The summed E-state index contributed by atoms with van der Waals surface area (Å²) in [5, 5.41) is 16.0. The molecule has 1 aromatic rings. The summed E-state index contributed by atoms with van der Waals surface area (Å²) in [7, 11) is 0. The van der Waals surface area contributed by atoms with Gasteiger partial charge in [0, 0.05) is 6.07 Å². The Morgan fingerprint density at radius 3 is 2.81 bits per heavy atom. The van der Waals surface area contributed by atoms with E-state index in [1.807, 2.05) is 6.92 Å². The Bertz CT molecular complexity index is 580. The van der Waals surface area contributed by atoms with E-state index in [2.05, 4.69) is 10.6 Å². The maximum Gasteiger partial charge on any atom is 0.298 e. The van der Waals surface area contributed by atoms with Gasteiger partial charge in [-0.2, -0.15) is 0 Å². The molecule has 2 N–H and O–H groups in total. The first-order valence-corrected chi connectivity index (χ1v) is 6.58. The summed E-state index contributed by atoms with van der Waals surface area (Å²) in [6, 6.07) is 0.527. The number of amides is 1. The minimum Gasteiger partial charge on any atom is -0.317 e. The number of hydrogen-bond acceptors (Lipinski definition) is 4. The standard InChI is InChI=1S/C13H15F2N3O3/c1-7-3-2-4-16-11(7)13(19)17-12-9(15)5-8(14)6-10(12)18(20)21/h5-7,11,16H,2-4H2,1H3,(H,17,19). The second-order valence-electron chi connectivity index (χ2n) is 5.08. The predicted octanol–water partition coefficient (Wildman–Crippen LogP) is 2.20. The molecular formula is C13H15F2N3O3. The first kappa shape index (κ1) is 15.3. The van der Waals surface area contributed by atoms with Crippen LogP contribution in [0.15, 0.2) is 12.1 Å². The molecule has 0 aromatic heterocycles. The van der Waals surface area contributed by atoms with Gasteiger partial charge in [0.15, 0.2) is 11.5 Å². The van der Waals surface area contributed by atoms with Crippen LogP contribution in [0.3, 0.4) is 0 Å². The van der Waals surface area contributed by atoms with Crippen LogP contribution in [0.25, 0.3) is 0 Å². The van der Waals surface area contributed by atoms with Crippen molar-refractivity contribution in [2.75, 3.05) is 11.9 Å². The lowest BCUT2D eigenvalue weighted by Gasteiger charge is -2.28. The van der Waals surface area contributed by atoms with Crippen molar-refractivity contribution >= 4 is 17.3 Å². The fourth-order valence-electron chi connectivity index (χ4n) is 2.43. The number of benzene rings is 1. The molecule has 1 fully saturated rings. The quantitative estimate of drug-likeness (QED) is 0.662. The van der Waals surface area contributed by atoms with Gasteiger partial charge >= 0.3 is 0 Å². The van der Waals surface area contributed by atoms with Crippen molar-refractivity contribution in [1.29, 1.82) is 0 Å². The zero-order chi connectivity index (χ0) is 15.6. The summed E-state index contributed by atoms with van der Waals surface area (Å²) in [6.45, 7) is 2.52. The number of hydrogen-bond donors (Lipinski definition) is 2. The van der Waals surface area contributed by atoms with Crippen LogP contribution >= 0.6 is 0 Å². The van der Waals surface area contributed by atoms with Gasteiger partial charge in [0.05, 0.1) is 17.0 Å². The predicted molar refractivity (Wildman–Crippen MR) is 71.8 cm³/mol. The smallest absolute Gasteiger partial charge is 0.298 e. The number of rotatable bonds is 3. The van der Waals surface area contributed by atoms with E-state index in [9.17, 15) is 23.7 Å². The number of nitro benzene ring substituents is 1. The van der Waals surface area contributed by atoms with Gasteiger partial charge in [-0.25, -0.2) is 8.78 Å². The van der Waals surface area contributed by atoms with Crippen molar-refractivity contribution < 1.29 is 18.5 Å². The van der Waals surface area contributed by atoms with Crippen molar-refractivity contribution in [2.24, 2.45) is 5.92 Å². The Labute approximate surface area is 119 Å². The van der Waals surface area contributed by atoms with Crippen LogP contribution in [0.5, 0.6) is 0 Å². The summed E-state index contributed by atoms with van der Waals surface area (Å²) in [4.78, 5) is 22.1. The van der Waals surface area contributed by atoms with Crippen LogP contribution in [0.1, 0.15) is 19.8 Å². The van der Waals surface area contributed by atoms with E-state index in [1.54, 1.807) is 0 Å². The average Bonchev–Trinajstić information content (AvgIpc) is 2.41. The number of carbonyl (C=O) groups is 1. The second kappa shape index (κ2) is 6.13. The fraction of sp³-hybridized carbons (Fsp3) is 0.462. The molecule has 0 radical (unpaired) electrons. The molecule has 1 aromatic carbocycles. The molecule has 1 aliphatic heterocycles. The van der Waals surface area contributed by atoms with Crippen molar-refractivity contribution in [3.8, 4) is 0 Å². The molecule has 21 heavy (non-hydrogen) atoms. The Morgan fingerprint density at radius 1 is 1.48 bits per heavy atom. The van der Waals surface area contributed by atoms with Gasteiger partial charge in [0.2, 0.25) is 5.91 Å². The van der Waals surface area contributed by atoms with Gasteiger partial charge in [0.25, 0.3) is 5.69 Å². The van der Waals surface area contributed by atoms with Crippen LogP contribution in [-0.2, 0) is 4.79 Å². The van der Waals surface area contributed by atoms with Crippen LogP contribution in [0, 0.1) is 27.7 Å². The van der Waals surface area contributed by atoms with E-state index in [0.717, 1.165) is 12.8 Å². The third-order valence-electron chi connectivity index (χ3n) is 3.53. The molecule has 0 aliphatic carbocycles. The highest BCUT2D eigenvalue weighted by atomic mass is 19.1. The van der Waals surface area contributed by atoms with Gasteiger partial charge in [-0.15, -0.1) is 0 Å². The van der Waals surface area contributed by atoms with Crippen LogP contribution in [-0.4, -0.2) is 23.4 Å². The number of halogens is 2. The number of carbonyl (C=O) groups excluding carboxylic acids is 1. The maximum absolute atomic E-state index is 13.7. The minimum absolute atomic E-state index is 0.0290. The molecule has 114 valence electrons. The number of nitrogens with one attached hydrogen (secondary N) is 2. The molecule has 1 heterocycles. The van der Waals surface area contributed by atoms with E-state index >= 15 is 0 Å². The zero-order valence-corrected chi connectivity index (χ0v) is 11.4. The molecule has 1 amide bonds. The molecule has 6 nitrogen and oxygen atoms in total. The van der Waals surface area contributed by atoms with Gasteiger partial charge in [-0.3, -0.25) is 14.9 Å². The largest absolute Gasteiger partial charge is 0.317 e. The number of nitrogens with zero attached hydrogens (tertiary/aromatic N) is 1. The highest BCUT2D eigenvalue weighted by Gasteiger charge is 2.30. The molecule has 0 saturated carbocycles. The molecule has 2 rings (SSSR count). The number of piperidine rings is 1. The van der Waals surface area contributed by atoms with Gasteiger partial charge in [-0.05, 0) is 25.3 Å². The number of nitro groups is 1. The first-order chi connectivity index (χ1) is 9.90. The number of anilines is 1. The summed E-state index contributed by atoms with van der Waals surface area (Å²) < 4.78 is 26.8. The topological polar surface area (TPSA) is 84.3 Å². The lowest BCUT2D eigenvalue weighted by atomic mass is 9.92. The lowest BCUT2D eigenvalue weighted by Crippen LogP contribution is -2.48. The van der Waals surface area contributed by atoms with Gasteiger partial charge in [-0.1, -0.05) is 6.92 Å². The molecule has 0 bridgehead atoms. The Morgan fingerprint density at radius 2 is 2.19 bits per heavy atom. The normalized spacial score (nSPS) is 21.9.